The van der Waals surface area contributed by atoms with Crippen molar-refractivity contribution in [3.8, 4) is 5.75 Å². The largest absolute Gasteiger partial charge is 0.497 e. The van der Waals surface area contributed by atoms with Crippen LogP contribution in [0.4, 0.5) is 8.78 Å². The fourth-order valence-electron chi connectivity index (χ4n) is 2.08. The number of nitrogens with two attached hydrogens (primary N) is 1. The van der Waals surface area contributed by atoms with Crippen LogP contribution in [0.15, 0.2) is 39.3 Å². The normalized spacial score (nSPS) is 12.3. The molecule has 6 heteroatoms. The summed E-state index contributed by atoms with van der Waals surface area (Å²) in [6.07, 6.45) is 0.285. The van der Waals surface area contributed by atoms with Gasteiger partial charge < -0.3 is 10.5 Å². The minimum atomic E-state index is -0.790. The average Bonchev–Trinajstić information content (AvgIpc) is 2.40. The highest BCUT2D eigenvalue weighted by Gasteiger charge is 2.19. The molecule has 0 aliphatic rings. The molecular weight excluding hydrogens is 408 g/mol. The zero-order chi connectivity index (χ0) is 15.6. The van der Waals surface area contributed by atoms with Gasteiger partial charge in [-0.15, -0.1) is 0 Å². The van der Waals surface area contributed by atoms with Crippen molar-refractivity contribution >= 4 is 31.9 Å². The number of rotatable bonds is 4. The number of halogens is 4. The molecule has 0 saturated heterocycles. The first-order valence-corrected chi connectivity index (χ1v) is 7.73. The zero-order valence-electron chi connectivity index (χ0n) is 11.2. The van der Waals surface area contributed by atoms with E-state index in [2.05, 4.69) is 31.9 Å². The second kappa shape index (κ2) is 6.85. The lowest BCUT2D eigenvalue weighted by Gasteiger charge is -2.16. The average molecular weight is 421 g/mol. The van der Waals surface area contributed by atoms with Crippen molar-refractivity contribution in [2.24, 2.45) is 5.73 Å². The maximum atomic E-state index is 13.9. The Morgan fingerprint density at radius 3 is 2.33 bits per heavy atom. The molecule has 112 valence electrons. The Balaban J connectivity index is 2.32. The van der Waals surface area contributed by atoms with E-state index in [0.29, 0.717) is 10.2 Å². The fourth-order valence-corrected chi connectivity index (χ4v) is 2.89. The number of hydrogen-bond acceptors (Lipinski definition) is 2. The van der Waals surface area contributed by atoms with E-state index in [0.717, 1.165) is 10.0 Å². The van der Waals surface area contributed by atoms with Gasteiger partial charge in [0.2, 0.25) is 0 Å². The van der Waals surface area contributed by atoms with Crippen molar-refractivity contribution in [1.29, 1.82) is 0 Å². The van der Waals surface area contributed by atoms with Gasteiger partial charge in [-0.3, -0.25) is 0 Å². The SMILES string of the molecule is COc1ccc(Br)c(CC(N)c2c(F)cc(Br)cc2F)c1. The van der Waals surface area contributed by atoms with E-state index in [1.54, 1.807) is 19.2 Å². The molecule has 0 aliphatic carbocycles. The highest BCUT2D eigenvalue weighted by molar-refractivity contribution is 9.10. The van der Waals surface area contributed by atoms with Crippen LogP contribution in [0, 0.1) is 11.6 Å². The quantitative estimate of drug-likeness (QED) is 0.775. The van der Waals surface area contributed by atoms with Gasteiger partial charge in [-0.2, -0.15) is 0 Å². The highest BCUT2D eigenvalue weighted by Crippen LogP contribution is 2.29. The van der Waals surface area contributed by atoms with Crippen molar-refractivity contribution in [2.75, 3.05) is 7.11 Å². The lowest BCUT2D eigenvalue weighted by atomic mass is 9.98. The standard InChI is InChI=1S/C15H13Br2F2NO/c1-21-10-2-3-11(17)8(4-10)5-14(20)15-12(18)6-9(16)7-13(15)19/h2-4,6-7,14H,5,20H2,1H3. The summed E-state index contributed by atoms with van der Waals surface area (Å²) in [6, 6.07) is 7.02. The van der Waals surface area contributed by atoms with Crippen LogP contribution in [0.2, 0.25) is 0 Å². The Hall–Kier alpha value is -0.980. The molecule has 0 heterocycles. The Bertz CT molecular complexity index is 641. The van der Waals surface area contributed by atoms with Gasteiger partial charge in [0.15, 0.2) is 0 Å². The Morgan fingerprint density at radius 1 is 1.14 bits per heavy atom. The first-order valence-electron chi connectivity index (χ1n) is 6.14. The van der Waals surface area contributed by atoms with Crippen molar-refractivity contribution in [1.82, 2.24) is 0 Å². The van der Waals surface area contributed by atoms with Gasteiger partial charge in [-0.1, -0.05) is 31.9 Å². The van der Waals surface area contributed by atoms with Gasteiger partial charge in [0.05, 0.1) is 7.11 Å². The van der Waals surface area contributed by atoms with Gasteiger partial charge >= 0.3 is 0 Å². The molecule has 1 atom stereocenters. The molecule has 0 spiro atoms. The third kappa shape index (κ3) is 3.81. The zero-order valence-corrected chi connectivity index (χ0v) is 14.3. The maximum absolute atomic E-state index is 13.9. The van der Waals surface area contributed by atoms with Crippen molar-refractivity contribution < 1.29 is 13.5 Å². The summed E-state index contributed by atoms with van der Waals surface area (Å²) < 4.78 is 34.2. The van der Waals surface area contributed by atoms with E-state index >= 15 is 0 Å². The molecule has 0 bridgehead atoms. The summed E-state index contributed by atoms with van der Waals surface area (Å²) in [5, 5.41) is 0. The van der Waals surface area contributed by atoms with E-state index in [9.17, 15) is 8.78 Å². The minimum Gasteiger partial charge on any atom is -0.497 e. The van der Waals surface area contributed by atoms with Crippen LogP contribution in [-0.2, 0) is 6.42 Å². The lowest BCUT2D eigenvalue weighted by Crippen LogP contribution is -2.17. The van der Waals surface area contributed by atoms with E-state index < -0.39 is 17.7 Å². The third-order valence-electron chi connectivity index (χ3n) is 3.11. The molecule has 0 saturated carbocycles. The van der Waals surface area contributed by atoms with Crippen LogP contribution in [0.5, 0.6) is 5.75 Å². The van der Waals surface area contributed by atoms with Crippen molar-refractivity contribution in [3.05, 3.63) is 62.0 Å². The van der Waals surface area contributed by atoms with E-state index in [1.807, 2.05) is 6.07 Å². The Kier molecular flexibility index (Phi) is 5.35. The molecule has 0 fully saturated rings. The summed E-state index contributed by atoms with van der Waals surface area (Å²) >= 11 is 6.45. The van der Waals surface area contributed by atoms with Crippen molar-refractivity contribution in [3.63, 3.8) is 0 Å². The van der Waals surface area contributed by atoms with Gasteiger partial charge in [-0.25, -0.2) is 8.78 Å². The topological polar surface area (TPSA) is 35.2 Å². The first kappa shape index (κ1) is 16.4. The van der Waals surface area contributed by atoms with Gasteiger partial charge in [-0.05, 0) is 42.3 Å². The summed E-state index contributed by atoms with van der Waals surface area (Å²) in [7, 11) is 1.56. The first-order chi connectivity index (χ1) is 9.92. The summed E-state index contributed by atoms with van der Waals surface area (Å²) in [5.41, 5.74) is 6.69. The predicted octanol–water partition coefficient (Wildman–Crippen LogP) is 4.74. The molecule has 21 heavy (non-hydrogen) atoms. The molecular formula is C15H13Br2F2NO. The highest BCUT2D eigenvalue weighted by atomic mass is 79.9. The van der Waals surface area contributed by atoms with Crippen LogP contribution in [0.1, 0.15) is 17.2 Å². The number of hydrogen-bond donors (Lipinski definition) is 1. The van der Waals surface area contributed by atoms with Crippen LogP contribution in [0.3, 0.4) is 0 Å². The molecule has 2 N–H and O–H groups in total. The summed E-state index contributed by atoms with van der Waals surface area (Å²) in [6.45, 7) is 0. The van der Waals surface area contributed by atoms with Crippen molar-refractivity contribution in [2.45, 2.75) is 12.5 Å². The Labute approximate surface area is 138 Å². The molecule has 0 aromatic heterocycles. The predicted molar refractivity (Wildman–Crippen MR) is 85.4 cm³/mol. The third-order valence-corrected chi connectivity index (χ3v) is 4.34. The second-order valence-corrected chi connectivity index (χ2v) is 6.32. The number of methoxy groups -OCH3 is 1. The molecule has 2 nitrogen and oxygen atoms in total. The van der Waals surface area contributed by atoms with Gasteiger partial charge in [0, 0.05) is 20.6 Å². The molecule has 2 rings (SSSR count). The second-order valence-electron chi connectivity index (χ2n) is 4.55. The van der Waals surface area contributed by atoms with Gasteiger partial charge in [0.1, 0.15) is 17.4 Å². The lowest BCUT2D eigenvalue weighted by molar-refractivity contribution is 0.414. The molecule has 0 radical (unpaired) electrons. The van der Waals surface area contributed by atoms with Crippen LogP contribution in [0.25, 0.3) is 0 Å². The molecule has 0 aliphatic heterocycles. The minimum absolute atomic E-state index is 0.118. The summed E-state index contributed by atoms with van der Waals surface area (Å²) in [4.78, 5) is 0. The molecule has 2 aromatic rings. The maximum Gasteiger partial charge on any atom is 0.132 e. The summed E-state index contributed by atoms with van der Waals surface area (Å²) in [5.74, 6) is -0.654. The monoisotopic (exact) mass is 419 g/mol. The van der Waals surface area contributed by atoms with Crippen LogP contribution >= 0.6 is 31.9 Å². The van der Waals surface area contributed by atoms with E-state index in [4.69, 9.17) is 10.5 Å². The van der Waals surface area contributed by atoms with Crippen LogP contribution < -0.4 is 10.5 Å². The number of benzene rings is 2. The molecule has 2 aromatic carbocycles. The van der Waals surface area contributed by atoms with E-state index in [-0.39, 0.29) is 12.0 Å². The fraction of sp³-hybridized carbons (Fsp3) is 0.200. The van der Waals surface area contributed by atoms with E-state index in [1.165, 1.54) is 12.1 Å². The smallest absolute Gasteiger partial charge is 0.132 e. The molecule has 1 unspecified atom stereocenters. The van der Waals surface area contributed by atoms with Crippen LogP contribution in [-0.4, -0.2) is 7.11 Å². The van der Waals surface area contributed by atoms with Gasteiger partial charge in [0.25, 0.3) is 0 Å². The number of ether oxygens (including phenoxy) is 1. The molecule has 0 amide bonds. The Morgan fingerprint density at radius 2 is 1.76 bits per heavy atom.